The molecule has 0 atom stereocenters. The number of carbonyl (C=O) groups is 1. The summed E-state index contributed by atoms with van der Waals surface area (Å²) in [5.41, 5.74) is 6.86. The molecule has 0 bridgehead atoms. The molecule has 0 saturated carbocycles. The molecule has 0 radical (unpaired) electrons. The van der Waals surface area contributed by atoms with E-state index >= 15 is 0 Å². The summed E-state index contributed by atoms with van der Waals surface area (Å²) in [6, 6.07) is 9.80. The molecular weight excluding hydrogens is 299 g/mol. The molecule has 0 aliphatic carbocycles. The topological polar surface area (TPSA) is 64.3 Å². The molecule has 2 rings (SSSR count). The molecule has 1 amide bonds. The first kappa shape index (κ1) is 14.5. The van der Waals surface area contributed by atoms with E-state index in [1.165, 1.54) is 7.11 Å². The normalized spacial score (nSPS) is 10.2. The highest BCUT2D eigenvalue weighted by molar-refractivity contribution is 6.40. The van der Waals surface area contributed by atoms with Crippen LogP contribution in [0, 0.1) is 0 Å². The Hall–Kier alpha value is -1.91. The van der Waals surface area contributed by atoms with Gasteiger partial charge in [-0.3, -0.25) is 4.79 Å². The Labute approximate surface area is 126 Å². The van der Waals surface area contributed by atoms with Crippen molar-refractivity contribution in [3.63, 3.8) is 0 Å². The number of amides is 1. The quantitative estimate of drug-likeness (QED) is 0.847. The number of hydrogen-bond acceptors (Lipinski definition) is 3. The van der Waals surface area contributed by atoms with Gasteiger partial charge in [0, 0.05) is 5.69 Å². The molecule has 0 aromatic heterocycles. The Bertz CT molecular complexity index is 639. The van der Waals surface area contributed by atoms with Gasteiger partial charge in [-0.15, -0.1) is 0 Å². The minimum Gasteiger partial charge on any atom is -0.495 e. The van der Waals surface area contributed by atoms with Crippen LogP contribution in [0.4, 0.5) is 11.4 Å². The Balaban J connectivity index is 2.35. The van der Waals surface area contributed by atoms with E-state index in [1.54, 1.807) is 36.4 Å². The highest BCUT2D eigenvalue weighted by Gasteiger charge is 2.16. The molecule has 3 N–H and O–H groups in total. The number of nitrogens with one attached hydrogen (secondary N) is 1. The summed E-state index contributed by atoms with van der Waals surface area (Å²) in [6.07, 6.45) is 0. The van der Waals surface area contributed by atoms with E-state index in [9.17, 15) is 4.79 Å². The van der Waals surface area contributed by atoms with Crippen LogP contribution in [-0.4, -0.2) is 13.0 Å². The van der Waals surface area contributed by atoms with Gasteiger partial charge in [-0.1, -0.05) is 29.3 Å². The second-order valence-corrected chi connectivity index (χ2v) is 4.82. The highest BCUT2D eigenvalue weighted by atomic mass is 35.5. The van der Waals surface area contributed by atoms with E-state index in [4.69, 9.17) is 33.7 Å². The van der Waals surface area contributed by atoms with E-state index in [0.29, 0.717) is 17.1 Å². The first-order valence-corrected chi connectivity index (χ1v) is 6.47. The first-order valence-electron chi connectivity index (χ1n) is 5.72. The molecule has 0 spiro atoms. The van der Waals surface area contributed by atoms with E-state index in [1.807, 2.05) is 0 Å². The van der Waals surface area contributed by atoms with Crippen molar-refractivity contribution in [1.82, 2.24) is 0 Å². The van der Waals surface area contributed by atoms with Crippen LogP contribution in [0.15, 0.2) is 36.4 Å². The maximum absolute atomic E-state index is 12.3. The number of ether oxygens (including phenoxy) is 1. The summed E-state index contributed by atoms with van der Waals surface area (Å²) in [7, 11) is 1.50. The standard InChI is InChI=1S/C14H12Cl2N2O2/c1-20-12-6-5-8(17)7-11(12)18-14(19)13-9(15)3-2-4-10(13)16/h2-7H,17H2,1H3,(H,18,19). The lowest BCUT2D eigenvalue weighted by Crippen LogP contribution is -2.14. The molecule has 2 aromatic carbocycles. The third-order valence-corrected chi connectivity index (χ3v) is 3.29. The van der Waals surface area contributed by atoms with Crippen molar-refractivity contribution in [1.29, 1.82) is 0 Å². The summed E-state index contributed by atoms with van der Waals surface area (Å²) < 4.78 is 5.16. The van der Waals surface area contributed by atoms with Gasteiger partial charge in [0.2, 0.25) is 0 Å². The molecule has 0 aliphatic rings. The second-order valence-electron chi connectivity index (χ2n) is 4.01. The molecule has 0 heterocycles. The lowest BCUT2D eigenvalue weighted by Gasteiger charge is -2.12. The molecule has 0 fully saturated rings. The van der Waals surface area contributed by atoms with Crippen LogP contribution in [0.5, 0.6) is 5.75 Å². The molecule has 6 heteroatoms. The Morgan fingerprint density at radius 3 is 2.45 bits per heavy atom. The number of benzene rings is 2. The van der Waals surface area contributed by atoms with Gasteiger partial charge in [0.05, 0.1) is 28.4 Å². The third-order valence-electron chi connectivity index (χ3n) is 2.66. The number of nitrogen functional groups attached to an aromatic ring is 1. The first-order chi connectivity index (χ1) is 9.52. The van der Waals surface area contributed by atoms with Gasteiger partial charge in [0.15, 0.2) is 0 Å². The van der Waals surface area contributed by atoms with E-state index in [-0.39, 0.29) is 15.6 Å². The maximum atomic E-state index is 12.3. The SMILES string of the molecule is COc1ccc(N)cc1NC(=O)c1c(Cl)cccc1Cl. The molecule has 0 saturated heterocycles. The van der Waals surface area contributed by atoms with Gasteiger partial charge in [0.1, 0.15) is 5.75 Å². The Kier molecular flexibility index (Phi) is 4.37. The van der Waals surface area contributed by atoms with Crippen molar-refractivity contribution < 1.29 is 9.53 Å². The van der Waals surface area contributed by atoms with Crippen molar-refractivity contribution >= 4 is 40.5 Å². The van der Waals surface area contributed by atoms with Gasteiger partial charge in [-0.25, -0.2) is 0 Å². The Morgan fingerprint density at radius 1 is 1.20 bits per heavy atom. The average Bonchev–Trinajstić information content (AvgIpc) is 2.38. The molecule has 2 aromatic rings. The fourth-order valence-electron chi connectivity index (χ4n) is 1.72. The zero-order valence-corrected chi connectivity index (χ0v) is 12.1. The van der Waals surface area contributed by atoms with E-state index in [2.05, 4.69) is 5.32 Å². The summed E-state index contributed by atoms with van der Waals surface area (Å²) in [5.74, 6) is 0.0697. The predicted molar refractivity (Wildman–Crippen MR) is 81.8 cm³/mol. The molecular formula is C14H12Cl2N2O2. The van der Waals surface area contributed by atoms with E-state index in [0.717, 1.165) is 0 Å². The number of rotatable bonds is 3. The van der Waals surface area contributed by atoms with Crippen molar-refractivity contribution in [2.24, 2.45) is 0 Å². The predicted octanol–water partition coefficient (Wildman–Crippen LogP) is 3.84. The lowest BCUT2D eigenvalue weighted by atomic mass is 10.2. The lowest BCUT2D eigenvalue weighted by molar-refractivity contribution is 0.102. The summed E-state index contributed by atoms with van der Waals surface area (Å²) in [5, 5.41) is 3.24. The summed E-state index contributed by atoms with van der Waals surface area (Å²) in [4.78, 5) is 12.3. The van der Waals surface area contributed by atoms with Gasteiger partial charge >= 0.3 is 0 Å². The zero-order chi connectivity index (χ0) is 14.7. The van der Waals surface area contributed by atoms with Crippen LogP contribution in [-0.2, 0) is 0 Å². The number of nitrogens with two attached hydrogens (primary N) is 1. The third kappa shape index (κ3) is 2.98. The van der Waals surface area contributed by atoms with Crippen molar-refractivity contribution in [2.75, 3.05) is 18.2 Å². The smallest absolute Gasteiger partial charge is 0.258 e. The fourth-order valence-corrected chi connectivity index (χ4v) is 2.29. The van der Waals surface area contributed by atoms with Gasteiger partial charge in [0.25, 0.3) is 5.91 Å². The van der Waals surface area contributed by atoms with E-state index < -0.39 is 5.91 Å². The maximum Gasteiger partial charge on any atom is 0.258 e. The van der Waals surface area contributed by atoms with Crippen LogP contribution in [0.2, 0.25) is 10.0 Å². The number of carbonyl (C=O) groups excluding carboxylic acids is 1. The molecule has 0 unspecified atom stereocenters. The minimum absolute atomic E-state index is 0.209. The van der Waals surface area contributed by atoms with Crippen LogP contribution in [0.3, 0.4) is 0 Å². The van der Waals surface area contributed by atoms with Crippen molar-refractivity contribution in [3.05, 3.63) is 52.0 Å². The zero-order valence-electron chi connectivity index (χ0n) is 10.6. The Morgan fingerprint density at radius 2 is 1.85 bits per heavy atom. The molecule has 0 aliphatic heterocycles. The van der Waals surface area contributed by atoms with Gasteiger partial charge < -0.3 is 15.8 Å². The van der Waals surface area contributed by atoms with Gasteiger partial charge in [-0.2, -0.15) is 0 Å². The largest absolute Gasteiger partial charge is 0.495 e. The number of halogens is 2. The summed E-state index contributed by atoms with van der Waals surface area (Å²) in [6.45, 7) is 0. The average molecular weight is 311 g/mol. The number of anilines is 2. The highest BCUT2D eigenvalue weighted by Crippen LogP contribution is 2.29. The van der Waals surface area contributed by atoms with Crippen molar-refractivity contribution in [2.45, 2.75) is 0 Å². The molecule has 20 heavy (non-hydrogen) atoms. The van der Waals surface area contributed by atoms with Crippen LogP contribution >= 0.6 is 23.2 Å². The molecule has 104 valence electrons. The van der Waals surface area contributed by atoms with Crippen LogP contribution in [0.25, 0.3) is 0 Å². The van der Waals surface area contributed by atoms with Crippen molar-refractivity contribution in [3.8, 4) is 5.75 Å². The minimum atomic E-state index is -0.426. The van der Waals surface area contributed by atoms with Crippen LogP contribution < -0.4 is 15.8 Å². The summed E-state index contributed by atoms with van der Waals surface area (Å²) >= 11 is 12.0. The number of methoxy groups -OCH3 is 1. The second kappa shape index (κ2) is 6.03. The molecule has 4 nitrogen and oxygen atoms in total. The monoisotopic (exact) mass is 310 g/mol. The fraction of sp³-hybridized carbons (Fsp3) is 0.0714. The van der Waals surface area contributed by atoms with Crippen LogP contribution in [0.1, 0.15) is 10.4 Å². The number of hydrogen-bond donors (Lipinski definition) is 2. The van der Waals surface area contributed by atoms with Gasteiger partial charge in [-0.05, 0) is 30.3 Å².